The second kappa shape index (κ2) is 10.9. The van der Waals surface area contributed by atoms with Gasteiger partial charge in [-0.25, -0.2) is 5.43 Å². The van der Waals surface area contributed by atoms with E-state index in [-0.39, 0.29) is 5.91 Å². The third-order valence-corrected chi connectivity index (χ3v) is 5.80. The number of hydrazone groups is 1. The second-order valence-corrected chi connectivity index (χ2v) is 8.25. The van der Waals surface area contributed by atoms with E-state index in [1.54, 1.807) is 50.8 Å². The summed E-state index contributed by atoms with van der Waals surface area (Å²) in [5.74, 6) is 1.41. The van der Waals surface area contributed by atoms with Crippen LogP contribution in [-0.4, -0.2) is 26.3 Å². The van der Waals surface area contributed by atoms with E-state index in [4.69, 9.17) is 14.2 Å². The minimum absolute atomic E-state index is 0.337. The highest BCUT2D eigenvalue weighted by Gasteiger charge is 2.13. The van der Waals surface area contributed by atoms with Gasteiger partial charge >= 0.3 is 0 Å². The Morgan fingerprint density at radius 1 is 0.971 bits per heavy atom. The summed E-state index contributed by atoms with van der Waals surface area (Å²) in [6.07, 6.45) is 1.54. The molecule has 0 aliphatic rings. The predicted octanol–water partition coefficient (Wildman–Crippen LogP) is 5.96. The molecule has 0 radical (unpaired) electrons. The zero-order chi connectivity index (χ0) is 23.9. The summed E-state index contributed by atoms with van der Waals surface area (Å²) >= 11 is 3.57. The van der Waals surface area contributed by atoms with Gasteiger partial charge in [-0.15, -0.1) is 0 Å². The summed E-state index contributed by atoms with van der Waals surface area (Å²) in [7, 11) is 3.13. The number of ether oxygens (including phenoxy) is 3. The van der Waals surface area contributed by atoms with Gasteiger partial charge in [0.25, 0.3) is 5.91 Å². The van der Waals surface area contributed by atoms with Crippen molar-refractivity contribution in [3.8, 4) is 17.2 Å². The van der Waals surface area contributed by atoms with Crippen molar-refractivity contribution < 1.29 is 19.0 Å². The van der Waals surface area contributed by atoms with Crippen LogP contribution in [0.15, 0.2) is 88.4 Å². The van der Waals surface area contributed by atoms with E-state index < -0.39 is 0 Å². The van der Waals surface area contributed by atoms with Crippen molar-refractivity contribution >= 4 is 38.8 Å². The molecule has 6 nitrogen and oxygen atoms in total. The van der Waals surface area contributed by atoms with Gasteiger partial charge in [0, 0.05) is 5.56 Å². The first-order valence-corrected chi connectivity index (χ1v) is 11.3. The summed E-state index contributed by atoms with van der Waals surface area (Å²) < 4.78 is 17.5. The van der Waals surface area contributed by atoms with Gasteiger partial charge in [-0.1, -0.05) is 48.5 Å². The quantitative estimate of drug-likeness (QED) is 0.230. The molecule has 0 spiro atoms. The molecule has 7 heteroatoms. The van der Waals surface area contributed by atoms with Gasteiger partial charge in [-0.2, -0.15) is 5.10 Å². The first kappa shape index (κ1) is 23.3. The van der Waals surface area contributed by atoms with E-state index in [1.807, 2.05) is 24.3 Å². The summed E-state index contributed by atoms with van der Waals surface area (Å²) in [5.41, 5.74) is 4.78. The minimum Gasteiger partial charge on any atom is -0.497 e. The molecule has 0 atom stereocenters. The van der Waals surface area contributed by atoms with Crippen molar-refractivity contribution in [1.29, 1.82) is 0 Å². The van der Waals surface area contributed by atoms with Crippen molar-refractivity contribution in [3.63, 3.8) is 0 Å². The molecular weight excluding hydrogens is 496 g/mol. The van der Waals surface area contributed by atoms with Crippen molar-refractivity contribution in [2.24, 2.45) is 5.10 Å². The minimum atomic E-state index is -0.337. The summed E-state index contributed by atoms with van der Waals surface area (Å²) in [6, 6.07) is 24.8. The number of hydrogen-bond donors (Lipinski definition) is 1. The largest absolute Gasteiger partial charge is 0.497 e. The molecule has 0 unspecified atom stereocenters. The normalized spacial score (nSPS) is 10.9. The summed E-state index contributed by atoms with van der Waals surface area (Å²) in [5, 5.41) is 6.38. The van der Waals surface area contributed by atoms with Crippen LogP contribution in [0.3, 0.4) is 0 Å². The zero-order valence-corrected chi connectivity index (χ0v) is 20.3. The average Bonchev–Trinajstić information content (AvgIpc) is 2.87. The molecule has 0 aliphatic heterocycles. The first-order chi connectivity index (χ1) is 16.6. The van der Waals surface area contributed by atoms with Crippen LogP contribution in [0.2, 0.25) is 0 Å². The fourth-order valence-corrected chi connectivity index (χ4v) is 4.09. The number of hydrogen-bond acceptors (Lipinski definition) is 5. The molecule has 0 bridgehead atoms. The molecule has 4 aromatic rings. The van der Waals surface area contributed by atoms with E-state index in [1.165, 1.54) is 0 Å². The molecule has 0 aliphatic carbocycles. The van der Waals surface area contributed by atoms with Crippen LogP contribution < -0.4 is 19.6 Å². The Labute approximate surface area is 206 Å². The number of halogens is 1. The lowest BCUT2D eigenvalue weighted by Gasteiger charge is -2.14. The highest BCUT2D eigenvalue weighted by atomic mass is 79.9. The number of benzene rings is 4. The zero-order valence-electron chi connectivity index (χ0n) is 18.7. The van der Waals surface area contributed by atoms with Crippen LogP contribution in [0, 0.1) is 0 Å². The van der Waals surface area contributed by atoms with Gasteiger partial charge in [-0.3, -0.25) is 4.79 Å². The van der Waals surface area contributed by atoms with Crippen LogP contribution in [-0.2, 0) is 6.61 Å². The number of methoxy groups -OCH3 is 2. The molecule has 1 amide bonds. The van der Waals surface area contributed by atoms with Gasteiger partial charge in [0.1, 0.15) is 12.4 Å². The Kier molecular flexibility index (Phi) is 7.44. The van der Waals surface area contributed by atoms with Crippen molar-refractivity contribution in [3.05, 3.63) is 100 Å². The third-order valence-electron chi connectivity index (χ3n) is 5.22. The van der Waals surface area contributed by atoms with E-state index in [0.29, 0.717) is 33.9 Å². The molecule has 34 heavy (non-hydrogen) atoms. The lowest BCUT2D eigenvalue weighted by molar-refractivity contribution is 0.0955. The molecule has 0 saturated heterocycles. The van der Waals surface area contributed by atoms with Crippen molar-refractivity contribution in [2.75, 3.05) is 14.2 Å². The average molecular weight is 519 g/mol. The number of nitrogens with zero attached hydrogens (tertiary/aromatic N) is 1. The maximum absolute atomic E-state index is 12.3. The topological polar surface area (TPSA) is 69.2 Å². The van der Waals surface area contributed by atoms with E-state index in [0.717, 1.165) is 21.9 Å². The maximum atomic E-state index is 12.3. The van der Waals surface area contributed by atoms with Crippen LogP contribution >= 0.6 is 15.9 Å². The van der Waals surface area contributed by atoms with Gasteiger partial charge in [0.2, 0.25) is 0 Å². The molecule has 4 rings (SSSR count). The Balaban J connectivity index is 1.47. The van der Waals surface area contributed by atoms with Crippen LogP contribution in [0.25, 0.3) is 10.8 Å². The predicted molar refractivity (Wildman–Crippen MR) is 137 cm³/mol. The standard InChI is InChI=1S/C27H23BrN2O4/c1-32-22-11-6-9-20(15-22)27(31)30-29-16-18-13-24(28)26(25(14-18)33-2)34-17-21-10-5-8-19-7-3-4-12-23(19)21/h3-16H,17H2,1-2H3,(H,30,31). The van der Waals surface area contributed by atoms with Gasteiger partial charge in [0.15, 0.2) is 11.5 Å². The fourth-order valence-electron chi connectivity index (χ4n) is 3.52. The highest BCUT2D eigenvalue weighted by molar-refractivity contribution is 9.10. The van der Waals surface area contributed by atoms with Gasteiger partial charge in [0.05, 0.1) is 24.9 Å². The highest BCUT2D eigenvalue weighted by Crippen LogP contribution is 2.37. The third kappa shape index (κ3) is 5.38. The molecular formula is C27H23BrN2O4. The molecule has 0 aromatic heterocycles. The number of carbonyl (C=O) groups excluding carboxylic acids is 1. The number of carbonyl (C=O) groups is 1. The van der Waals surface area contributed by atoms with Crippen LogP contribution in [0.1, 0.15) is 21.5 Å². The van der Waals surface area contributed by atoms with Crippen LogP contribution in [0.5, 0.6) is 17.2 Å². The number of nitrogens with one attached hydrogen (secondary N) is 1. The smallest absolute Gasteiger partial charge is 0.271 e. The Bertz CT molecular complexity index is 1350. The number of fused-ring (bicyclic) bond motifs is 1. The van der Waals surface area contributed by atoms with E-state index in [2.05, 4.69) is 50.7 Å². The SMILES string of the molecule is COc1cccc(C(=O)NN=Cc2cc(Br)c(OCc3cccc4ccccc34)c(OC)c2)c1. The molecule has 1 N–H and O–H groups in total. The van der Waals surface area contributed by atoms with Gasteiger partial charge in [-0.05, 0) is 68.2 Å². The maximum Gasteiger partial charge on any atom is 0.271 e. The van der Waals surface area contributed by atoms with Gasteiger partial charge < -0.3 is 14.2 Å². The molecule has 0 fully saturated rings. The Hall–Kier alpha value is -3.84. The lowest BCUT2D eigenvalue weighted by Crippen LogP contribution is -2.17. The van der Waals surface area contributed by atoms with E-state index in [9.17, 15) is 4.79 Å². The Morgan fingerprint density at radius 3 is 2.59 bits per heavy atom. The van der Waals surface area contributed by atoms with E-state index >= 15 is 0 Å². The Morgan fingerprint density at radius 2 is 1.76 bits per heavy atom. The molecule has 0 saturated carbocycles. The molecule has 0 heterocycles. The number of amides is 1. The summed E-state index contributed by atoms with van der Waals surface area (Å²) in [4.78, 5) is 12.3. The van der Waals surface area contributed by atoms with Crippen molar-refractivity contribution in [1.82, 2.24) is 5.43 Å². The van der Waals surface area contributed by atoms with Crippen LogP contribution in [0.4, 0.5) is 0 Å². The molecule has 172 valence electrons. The second-order valence-electron chi connectivity index (χ2n) is 7.39. The van der Waals surface area contributed by atoms with Crippen molar-refractivity contribution in [2.45, 2.75) is 6.61 Å². The first-order valence-electron chi connectivity index (χ1n) is 10.5. The summed E-state index contributed by atoms with van der Waals surface area (Å²) in [6.45, 7) is 0.389. The monoisotopic (exact) mass is 518 g/mol. The fraction of sp³-hybridized carbons (Fsp3) is 0.111. The molecule has 4 aromatic carbocycles. The number of rotatable bonds is 8. The lowest BCUT2D eigenvalue weighted by atomic mass is 10.1.